The number of benzene rings is 1. The summed E-state index contributed by atoms with van der Waals surface area (Å²) < 4.78 is 7.55. The summed E-state index contributed by atoms with van der Waals surface area (Å²) in [4.78, 5) is 11.4. The van der Waals surface area contributed by atoms with E-state index in [9.17, 15) is 9.90 Å². The van der Waals surface area contributed by atoms with Gasteiger partial charge >= 0.3 is 5.97 Å². The monoisotopic (exact) mass is 261 g/mol. The van der Waals surface area contributed by atoms with Crippen LogP contribution in [0.15, 0.2) is 18.2 Å². The van der Waals surface area contributed by atoms with E-state index in [0.29, 0.717) is 23.8 Å². The van der Waals surface area contributed by atoms with Crippen molar-refractivity contribution in [2.24, 2.45) is 13.0 Å². The molecule has 102 valence electrons. The van der Waals surface area contributed by atoms with Crippen LogP contribution >= 0.6 is 0 Å². The molecule has 2 rings (SSSR count). The zero-order chi connectivity index (χ0) is 14.2. The molecular formula is C15H19NO3. The van der Waals surface area contributed by atoms with Gasteiger partial charge in [-0.15, -0.1) is 0 Å². The first kappa shape index (κ1) is 13.5. The second-order valence-electron chi connectivity index (χ2n) is 5.21. The standard InChI is InChI=1S/C15H19NO3/c1-9(2)8-19-11-5-6-13-12(7-11)14(15(17)18)10(3)16(13)4/h5-7,9H,8H2,1-4H3,(H,17,18). The minimum atomic E-state index is -0.899. The fraction of sp³-hybridized carbons (Fsp3) is 0.400. The molecule has 0 spiro atoms. The number of aryl methyl sites for hydroxylation is 1. The molecule has 0 aliphatic rings. The van der Waals surface area contributed by atoms with E-state index < -0.39 is 5.97 Å². The molecule has 0 amide bonds. The number of carboxylic acid groups (broad SMARTS) is 1. The number of nitrogens with zero attached hydrogens (tertiary/aromatic N) is 1. The second kappa shape index (κ2) is 4.96. The lowest BCUT2D eigenvalue weighted by Crippen LogP contribution is -2.04. The molecule has 0 unspecified atom stereocenters. The van der Waals surface area contributed by atoms with Crippen LogP contribution in [0.5, 0.6) is 5.75 Å². The number of ether oxygens (including phenoxy) is 1. The van der Waals surface area contributed by atoms with Gasteiger partial charge in [0.05, 0.1) is 12.2 Å². The predicted molar refractivity (Wildman–Crippen MR) is 74.9 cm³/mol. The van der Waals surface area contributed by atoms with E-state index in [1.54, 1.807) is 0 Å². The third-order valence-corrected chi connectivity index (χ3v) is 3.26. The summed E-state index contributed by atoms with van der Waals surface area (Å²) in [6.45, 7) is 6.60. The van der Waals surface area contributed by atoms with Crippen LogP contribution in [0.3, 0.4) is 0 Å². The van der Waals surface area contributed by atoms with Crippen LogP contribution in [0.2, 0.25) is 0 Å². The lowest BCUT2D eigenvalue weighted by Gasteiger charge is -2.08. The highest BCUT2D eigenvalue weighted by Crippen LogP contribution is 2.28. The van der Waals surface area contributed by atoms with Crippen LogP contribution in [-0.4, -0.2) is 22.2 Å². The molecule has 1 aromatic carbocycles. The highest BCUT2D eigenvalue weighted by molar-refractivity contribution is 6.05. The Balaban J connectivity index is 2.52. The molecule has 0 aliphatic carbocycles. The molecule has 4 heteroatoms. The molecule has 1 heterocycles. The van der Waals surface area contributed by atoms with Crippen molar-refractivity contribution in [3.05, 3.63) is 29.5 Å². The molecule has 0 atom stereocenters. The quantitative estimate of drug-likeness (QED) is 0.919. The number of carbonyl (C=O) groups is 1. The fourth-order valence-electron chi connectivity index (χ4n) is 2.17. The maximum atomic E-state index is 11.4. The molecule has 19 heavy (non-hydrogen) atoms. The Bertz CT molecular complexity index is 626. The smallest absolute Gasteiger partial charge is 0.338 e. The van der Waals surface area contributed by atoms with Gasteiger partial charge in [0.25, 0.3) is 0 Å². The summed E-state index contributed by atoms with van der Waals surface area (Å²) in [5.41, 5.74) is 2.02. The third-order valence-electron chi connectivity index (χ3n) is 3.26. The van der Waals surface area contributed by atoms with E-state index in [1.807, 2.05) is 36.7 Å². The van der Waals surface area contributed by atoms with Gasteiger partial charge in [-0.05, 0) is 31.0 Å². The number of rotatable bonds is 4. The molecule has 0 saturated heterocycles. The SMILES string of the molecule is Cc1c(C(=O)O)c2cc(OCC(C)C)ccc2n1C. The van der Waals surface area contributed by atoms with Crippen LogP contribution in [0.25, 0.3) is 10.9 Å². The van der Waals surface area contributed by atoms with Crippen molar-refractivity contribution in [2.75, 3.05) is 6.61 Å². The van der Waals surface area contributed by atoms with Gasteiger partial charge in [-0.2, -0.15) is 0 Å². The van der Waals surface area contributed by atoms with Crippen LogP contribution in [-0.2, 0) is 7.05 Å². The molecule has 0 fully saturated rings. The minimum Gasteiger partial charge on any atom is -0.493 e. The average Bonchev–Trinajstić information content (AvgIpc) is 2.59. The molecule has 4 nitrogen and oxygen atoms in total. The molecule has 0 radical (unpaired) electrons. The first-order chi connectivity index (χ1) is 8.91. The zero-order valence-electron chi connectivity index (χ0n) is 11.7. The minimum absolute atomic E-state index is 0.354. The van der Waals surface area contributed by atoms with Crippen molar-refractivity contribution in [3.8, 4) is 5.75 Å². The topological polar surface area (TPSA) is 51.5 Å². The number of fused-ring (bicyclic) bond motifs is 1. The van der Waals surface area contributed by atoms with E-state index in [4.69, 9.17) is 4.74 Å². The Morgan fingerprint density at radius 2 is 2.11 bits per heavy atom. The van der Waals surface area contributed by atoms with Crippen molar-refractivity contribution in [3.63, 3.8) is 0 Å². The molecule has 1 aromatic heterocycles. The molecule has 0 bridgehead atoms. The van der Waals surface area contributed by atoms with E-state index in [0.717, 1.165) is 16.6 Å². The number of hydrogen-bond acceptors (Lipinski definition) is 2. The fourth-order valence-corrected chi connectivity index (χ4v) is 2.17. The van der Waals surface area contributed by atoms with Gasteiger partial charge in [0.15, 0.2) is 0 Å². The Morgan fingerprint density at radius 1 is 1.42 bits per heavy atom. The first-order valence-corrected chi connectivity index (χ1v) is 6.37. The Kier molecular flexibility index (Phi) is 3.51. The summed E-state index contributed by atoms with van der Waals surface area (Å²) in [5, 5.41) is 10.1. The van der Waals surface area contributed by atoms with Crippen molar-refractivity contribution in [2.45, 2.75) is 20.8 Å². The number of aromatic carboxylic acids is 1. The maximum absolute atomic E-state index is 11.4. The first-order valence-electron chi connectivity index (χ1n) is 6.37. The summed E-state index contributed by atoms with van der Waals surface area (Å²) in [7, 11) is 1.87. The highest BCUT2D eigenvalue weighted by Gasteiger charge is 2.18. The van der Waals surface area contributed by atoms with Gasteiger partial charge in [0.1, 0.15) is 5.75 Å². The van der Waals surface area contributed by atoms with E-state index >= 15 is 0 Å². The van der Waals surface area contributed by atoms with E-state index in [1.165, 1.54) is 0 Å². The highest BCUT2D eigenvalue weighted by atomic mass is 16.5. The van der Waals surface area contributed by atoms with Crippen molar-refractivity contribution in [1.82, 2.24) is 4.57 Å². The van der Waals surface area contributed by atoms with Crippen LogP contribution < -0.4 is 4.74 Å². The maximum Gasteiger partial charge on any atom is 0.338 e. The summed E-state index contributed by atoms with van der Waals surface area (Å²) in [6.07, 6.45) is 0. The lowest BCUT2D eigenvalue weighted by molar-refractivity contribution is 0.0698. The van der Waals surface area contributed by atoms with Gasteiger partial charge in [-0.3, -0.25) is 0 Å². The predicted octanol–water partition coefficient (Wildman–Crippen LogP) is 3.22. The largest absolute Gasteiger partial charge is 0.493 e. The zero-order valence-corrected chi connectivity index (χ0v) is 11.7. The van der Waals surface area contributed by atoms with Gasteiger partial charge in [0, 0.05) is 23.6 Å². The molecular weight excluding hydrogens is 242 g/mol. The average molecular weight is 261 g/mol. The van der Waals surface area contributed by atoms with E-state index in [-0.39, 0.29) is 0 Å². The molecule has 1 N–H and O–H groups in total. The number of carboxylic acids is 1. The van der Waals surface area contributed by atoms with Gasteiger partial charge in [-0.1, -0.05) is 13.8 Å². The third kappa shape index (κ3) is 2.43. The molecule has 0 aliphatic heterocycles. The molecule has 2 aromatic rings. The van der Waals surface area contributed by atoms with Crippen molar-refractivity contribution in [1.29, 1.82) is 0 Å². The summed E-state index contributed by atoms with van der Waals surface area (Å²) in [6, 6.07) is 5.61. The van der Waals surface area contributed by atoms with E-state index in [2.05, 4.69) is 13.8 Å². The Morgan fingerprint density at radius 3 is 2.68 bits per heavy atom. The Hall–Kier alpha value is -1.97. The van der Waals surface area contributed by atoms with Gasteiger partial charge < -0.3 is 14.4 Å². The normalized spacial score (nSPS) is 11.2. The molecule has 0 saturated carbocycles. The van der Waals surface area contributed by atoms with Crippen LogP contribution in [0.1, 0.15) is 29.9 Å². The Labute approximate surface area is 112 Å². The van der Waals surface area contributed by atoms with Gasteiger partial charge in [0.2, 0.25) is 0 Å². The van der Waals surface area contributed by atoms with Crippen molar-refractivity contribution < 1.29 is 14.6 Å². The number of hydrogen-bond donors (Lipinski definition) is 1. The van der Waals surface area contributed by atoms with Crippen LogP contribution in [0.4, 0.5) is 0 Å². The summed E-state index contributed by atoms with van der Waals surface area (Å²) in [5.74, 6) is 0.255. The number of aromatic nitrogens is 1. The lowest BCUT2D eigenvalue weighted by atomic mass is 10.1. The summed E-state index contributed by atoms with van der Waals surface area (Å²) >= 11 is 0. The van der Waals surface area contributed by atoms with Crippen LogP contribution in [0, 0.1) is 12.8 Å². The van der Waals surface area contributed by atoms with Gasteiger partial charge in [-0.25, -0.2) is 4.79 Å². The van der Waals surface area contributed by atoms with Crippen molar-refractivity contribution >= 4 is 16.9 Å². The second-order valence-corrected chi connectivity index (χ2v) is 5.21.